The lowest BCUT2D eigenvalue weighted by molar-refractivity contribution is -0.150. The van der Waals surface area contributed by atoms with E-state index < -0.39 is 11.4 Å². The van der Waals surface area contributed by atoms with Gasteiger partial charge in [-0.2, -0.15) is 0 Å². The third-order valence-corrected chi connectivity index (χ3v) is 4.56. The Hall–Kier alpha value is -1.26. The number of carbonyl (C=O) groups excluding carboxylic acids is 1. The molecule has 2 aliphatic rings. The Morgan fingerprint density at radius 3 is 2.40 bits per heavy atom. The molecular formula is C15H26N2O3. The van der Waals surface area contributed by atoms with Crippen LogP contribution in [0.1, 0.15) is 58.3 Å². The summed E-state index contributed by atoms with van der Waals surface area (Å²) in [5.74, 6) is -0.758. The molecule has 0 aromatic carbocycles. The standard InChI is InChI=1S/C15H26N2O3/c1-2-10-17(12-6-7-12)14(20)16-11-15(13(18)19)8-4-3-5-9-15/h12H,2-11H2,1H3,(H,16,20)(H,18,19). The fourth-order valence-electron chi connectivity index (χ4n) is 3.12. The Balaban J connectivity index is 1.91. The van der Waals surface area contributed by atoms with E-state index >= 15 is 0 Å². The summed E-state index contributed by atoms with van der Waals surface area (Å²) in [6, 6.07) is 0.294. The molecule has 2 N–H and O–H groups in total. The van der Waals surface area contributed by atoms with Crippen molar-refractivity contribution in [2.45, 2.75) is 64.3 Å². The van der Waals surface area contributed by atoms with Crippen molar-refractivity contribution in [3.8, 4) is 0 Å². The molecule has 0 atom stereocenters. The van der Waals surface area contributed by atoms with Gasteiger partial charge in [-0.3, -0.25) is 4.79 Å². The molecule has 20 heavy (non-hydrogen) atoms. The van der Waals surface area contributed by atoms with E-state index in [1.54, 1.807) is 0 Å². The first kappa shape index (κ1) is 15.1. The molecule has 2 rings (SSSR count). The van der Waals surface area contributed by atoms with Crippen molar-refractivity contribution in [3.05, 3.63) is 0 Å². The molecule has 0 radical (unpaired) electrons. The summed E-state index contributed by atoms with van der Waals surface area (Å²) >= 11 is 0. The van der Waals surface area contributed by atoms with Gasteiger partial charge >= 0.3 is 12.0 Å². The van der Waals surface area contributed by atoms with E-state index in [1.165, 1.54) is 0 Å². The maximum Gasteiger partial charge on any atom is 0.317 e. The van der Waals surface area contributed by atoms with Crippen LogP contribution in [0, 0.1) is 5.41 Å². The van der Waals surface area contributed by atoms with E-state index in [1.807, 2.05) is 4.90 Å². The molecule has 2 saturated carbocycles. The van der Waals surface area contributed by atoms with Gasteiger partial charge in [-0.05, 0) is 32.1 Å². The second-order valence-electron chi connectivity index (χ2n) is 6.23. The molecule has 0 aromatic heterocycles. The van der Waals surface area contributed by atoms with Gasteiger partial charge in [0.2, 0.25) is 0 Å². The number of hydrogen-bond acceptors (Lipinski definition) is 2. The number of aliphatic carboxylic acids is 1. The Morgan fingerprint density at radius 1 is 1.25 bits per heavy atom. The maximum absolute atomic E-state index is 12.2. The number of nitrogens with zero attached hydrogens (tertiary/aromatic N) is 1. The van der Waals surface area contributed by atoms with Crippen LogP contribution in [0.2, 0.25) is 0 Å². The topological polar surface area (TPSA) is 69.6 Å². The highest BCUT2D eigenvalue weighted by atomic mass is 16.4. The number of carbonyl (C=O) groups is 2. The predicted molar refractivity (Wildman–Crippen MR) is 76.6 cm³/mol. The van der Waals surface area contributed by atoms with Crippen LogP contribution in [0.25, 0.3) is 0 Å². The Morgan fingerprint density at radius 2 is 1.90 bits per heavy atom. The summed E-state index contributed by atoms with van der Waals surface area (Å²) in [4.78, 5) is 25.7. The van der Waals surface area contributed by atoms with Crippen LogP contribution >= 0.6 is 0 Å². The van der Waals surface area contributed by atoms with E-state index in [4.69, 9.17) is 0 Å². The van der Waals surface area contributed by atoms with Crippen LogP contribution in [0.3, 0.4) is 0 Å². The van der Waals surface area contributed by atoms with Crippen LogP contribution in [-0.4, -0.2) is 41.1 Å². The van der Waals surface area contributed by atoms with Gasteiger partial charge in [-0.1, -0.05) is 26.2 Å². The molecule has 2 amide bonds. The highest BCUT2D eigenvalue weighted by Crippen LogP contribution is 2.36. The van der Waals surface area contributed by atoms with Crippen LogP contribution in [0.15, 0.2) is 0 Å². The molecular weight excluding hydrogens is 256 g/mol. The Kier molecular flexibility index (Phi) is 4.89. The summed E-state index contributed by atoms with van der Waals surface area (Å²) in [6.07, 6.45) is 7.46. The SMILES string of the molecule is CCCN(C(=O)NCC1(C(=O)O)CCCCC1)C1CC1. The van der Waals surface area contributed by atoms with E-state index in [0.29, 0.717) is 18.9 Å². The van der Waals surface area contributed by atoms with E-state index in [9.17, 15) is 14.7 Å². The Bertz CT molecular complexity index is 360. The molecule has 5 nitrogen and oxygen atoms in total. The van der Waals surface area contributed by atoms with Gasteiger partial charge < -0.3 is 15.3 Å². The molecule has 0 spiro atoms. The molecule has 0 aliphatic heterocycles. The quantitative estimate of drug-likeness (QED) is 0.786. The lowest BCUT2D eigenvalue weighted by Crippen LogP contribution is -2.49. The van der Waals surface area contributed by atoms with Crippen LogP contribution in [0.5, 0.6) is 0 Å². The minimum absolute atomic E-state index is 0.0828. The van der Waals surface area contributed by atoms with Crippen LogP contribution in [0.4, 0.5) is 4.79 Å². The van der Waals surface area contributed by atoms with Gasteiger partial charge in [0.25, 0.3) is 0 Å². The molecule has 2 aliphatic carbocycles. The molecule has 0 unspecified atom stereocenters. The first-order chi connectivity index (χ1) is 9.59. The number of carboxylic acids is 1. The first-order valence-electron chi connectivity index (χ1n) is 7.87. The van der Waals surface area contributed by atoms with Gasteiger partial charge in [0.05, 0.1) is 5.41 Å². The zero-order chi connectivity index (χ0) is 14.6. The zero-order valence-electron chi connectivity index (χ0n) is 12.4. The molecule has 0 aromatic rings. The molecule has 5 heteroatoms. The van der Waals surface area contributed by atoms with Gasteiger partial charge in [-0.15, -0.1) is 0 Å². The molecule has 0 heterocycles. The summed E-state index contributed by atoms with van der Waals surface area (Å²) in [6.45, 7) is 3.09. The van der Waals surface area contributed by atoms with Gasteiger partial charge in [0.1, 0.15) is 0 Å². The second-order valence-corrected chi connectivity index (χ2v) is 6.23. The predicted octanol–water partition coefficient (Wildman–Crippen LogP) is 2.61. The monoisotopic (exact) mass is 282 g/mol. The maximum atomic E-state index is 12.2. The van der Waals surface area contributed by atoms with Crippen LogP contribution in [-0.2, 0) is 4.79 Å². The first-order valence-corrected chi connectivity index (χ1v) is 7.87. The number of carboxylic acid groups (broad SMARTS) is 1. The van der Waals surface area contributed by atoms with Crippen LogP contribution < -0.4 is 5.32 Å². The average Bonchev–Trinajstić information content (AvgIpc) is 3.27. The fourth-order valence-corrected chi connectivity index (χ4v) is 3.12. The van der Waals surface area contributed by atoms with Crippen molar-refractivity contribution in [2.24, 2.45) is 5.41 Å². The normalized spacial score (nSPS) is 21.2. The molecule has 114 valence electrons. The lowest BCUT2D eigenvalue weighted by Gasteiger charge is -2.34. The van der Waals surface area contributed by atoms with Gasteiger partial charge in [0.15, 0.2) is 0 Å². The zero-order valence-corrected chi connectivity index (χ0v) is 12.4. The largest absolute Gasteiger partial charge is 0.481 e. The smallest absolute Gasteiger partial charge is 0.317 e. The Labute approximate surface area is 120 Å². The number of amides is 2. The van der Waals surface area contributed by atoms with Crippen molar-refractivity contribution >= 4 is 12.0 Å². The number of nitrogens with one attached hydrogen (secondary N) is 1. The number of rotatable bonds is 6. The van der Waals surface area contributed by atoms with E-state index in [-0.39, 0.29) is 12.6 Å². The van der Waals surface area contributed by atoms with Crippen molar-refractivity contribution in [1.82, 2.24) is 10.2 Å². The summed E-state index contributed by atoms with van der Waals surface area (Å²) in [7, 11) is 0. The second kappa shape index (κ2) is 6.46. The summed E-state index contributed by atoms with van der Waals surface area (Å²) in [5, 5.41) is 12.4. The number of hydrogen-bond donors (Lipinski definition) is 2. The lowest BCUT2D eigenvalue weighted by atomic mass is 9.74. The van der Waals surface area contributed by atoms with Crippen molar-refractivity contribution in [2.75, 3.05) is 13.1 Å². The minimum Gasteiger partial charge on any atom is -0.481 e. The van der Waals surface area contributed by atoms with Gasteiger partial charge in [0, 0.05) is 19.1 Å². The van der Waals surface area contributed by atoms with Crippen molar-refractivity contribution in [3.63, 3.8) is 0 Å². The third-order valence-electron chi connectivity index (χ3n) is 4.56. The van der Waals surface area contributed by atoms with E-state index in [0.717, 1.165) is 45.1 Å². The third kappa shape index (κ3) is 3.44. The highest BCUT2D eigenvalue weighted by molar-refractivity contribution is 5.78. The fraction of sp³-hybridized carbons (Fsp3) is 0.867. The highest BCUT2D eigenvalue weighted by Gasteiger charge is 2.40. The minimum atomic E-state index is -0.758. The molecule has 0 saturated heterocycles. The summed E-state index contributed by atoms with van der Waals surface area (Å²) in [5.41, 5.74) is -0.741. The van der Waals surface area contributed by atoms with E-state index in [2.05, 4.69) is 12.2 Å². The average molecular weight is 282 g/mol. The van der Waals surface area contributed by atoms with Gasteiger partial charge in [-0.25, -0.2) is 4.79 Å². The van der Waals surface area contributed by atoms with Crippen molar-refractivity contribution < 1.29 is 14.7 Å². The molecule has 2 fully saturated rings. The number of urea groups is 1. The summed E-state index contributed by atoms with van der Waals surface area (Å²) < 4.78 is 0. The molecule has 0 bridgehead atoms. The van der Waals surface area contributed by atoms with Crippen molar-refractivity contribution in [1.29, 1.82) is 0 Å².